The van der Waals surface area contributed by atoms with Crippen molar-refractivity contribution in [1.82, 2.24) is 10.3 Å². The number of pyridine rings is 1. The van der Waals surface area contributed by atoms with Crippen LogP contribution in [-0.2, 0) is 32.2 Å². The van der Waals surface area contributed by atoms with E-state index in [0.717, 1.165) is 44.2 Å². The summed E-state index contributed by atoms with van der Waals surface area (Å²) in [6, 6.07) is 29.8. The fourth-order valence-electron chi connectivity index (χ4n) is 5.37. The number of hydrogen-bond donors (Lipinski definition) is 3. The molecular weight excluding hydrogens is 588 g/mol. The van der Waals surface area contributed by atoms with Crippen LogP contribution in [0.5, 0.6) is 0 Å². The van der Waals surface area contributed by atoms with Crippen LogP contribution >= 0.6 is 11.8 Å². The van der Waals surface area contributed by atoms with Crippen LogP contribution in [0.3, 0.4) is 0 Å². The van der Waals surface area contributed by atoms with E-state index in [1.54, 1.807) is 18.0 Å². The second-order valence-electron chi connectivity index (χ2n) is 11.1. The van der Waals surface area contributed by atoms with Crippen LogP contribution in [0.2, 0.25) is 0 Å². The number of carboxylic acid groups (broad SMARTS) is 1. The molecule has 1 aliphatic heterocycles. The number of rotatable bonds is 13. The van der Waals surface area contributed by atoms with Gasteiger partial charge in [-0.25, -0.2) is 4.98 Å². The highest BCUT2D eigenvalue weighted by Crippen LogP contribution is 2.43. The summed E-state index contributed by atoms with van der Waals surface area (Å²) in [6.07, 6.45) is 1.38. The first-order valence-electron chi connectivity index (χ1n) is 15.1. The Bertz CT molecular complexity index is 1550. The van der Waals surface area contributed by atoms with E-state index in [-0.39, 0.29) is 43.5 Å². The number of carbonyl (C=O) groups excluding carboxylic acids is 1. The van der Waals surface area contributed by atoms with Crippen LogP contribution in [0.1, 0.15) is 60.8 Å². The summed E-state index contributed by atoms with van der Waals surface area (Å²) in [5, 5.41) is 22.2. The summed E-state index contributed by atoms with van der Waals surface area (Å²) in [5.74, 6) is -0.278. The fraction of sp³-hybridized carbons (Fsp3) is 0.306. The molecule has 1 fully saturated rings. The number of carboxylic acids is 1. The van der Waals surface area contributed by atoms with Gasteiger partial charge in [0, 0.05) is 42.8 Å². The zero-order chi connectivity index (χ0) is 31.6. The normalized spacial score (nSPS) is 19.6. The second kappa shape index (κ2) is 15.8. The van der Waals surface area contributed by atoms with Crippen LogP contribution < -0.4 is 5.32 Å². The fourth-order valence-corrected chi connectivity index (χ4v) is 6.40. The smallest absolute Gasteiger partial charge is 0.303 e. The van der Waals surface area contributed by atoms with Gasteiger partial charge in [-0.3, -0.25) is 9.59 Å². The number of carbonyl (C=O) groups is 2. The van der Waals surface area contributed by atoms with Crippen LogP contribution in [0.25, 0.3) is 11.1 Å². The van der Waals surface area contributed by atoms with Gasteiger partial charge < -0.3 is 25.0 Å². The van der Waals surface area contributed by atoms with Crippen molar-refractivity contribution in [3.63, 3.8) is 0 Å². The van der Waals surface area contributed by atoms with E-state index in [1.165, 1.54) is 0 Å². The molecule has 8 nitrogen and oxygen atoms in total. The summed E-state index contributed by atoms with van der Waals surface area (Å²) < 4.78 is 13.2. The molecule has 0 unspecified atom stereocenters. The Hall–Kier alpha value is -4.02. The van der Waals surface area contributed by atoms with Crippen LogP contribution in [-0.4, -0.2) is 38.9 Å². The molecule has 5 rings (SSSR count). The molecule has 3 aromatic carbocycles. The van der Waals surface area contributed by atoms with E-state index in [4.69, 9.17) is 14.6 Å². The molecule has 4 aromatic rings. The van der Waals surface area contributed by atoms with Crippen molar-refractivity contribution in [2.75, 3.05) is 5.75 Å². The molecule has 1 saturated heterocycles. The predicted molar refractivity (Wildman–Crippen MR) is 173 cm³/mol. The first-order valence-corrected chi connectivity index (χ1v) is 16.1. The zero-order valence-corrected chi connectivity index (χ0v) is 26.0. The molecule has 0 bridgehead atoms. The third-order valence-electron chi connectivity index (χ3n) is 7.94. The topological polar surface area (TPSA) is 118 Å². The molecule has 3 N–H and O–H groups in total. The largest absolute Gasteiger partial charge is 0.481 e. The highest BCUT2D eigenvalue weighted by molar-refractivity contribution is 7.99. The summed E-state index contributed by atoms with van der Waals surface area (Å²) in [6.45, 7) is 2.49. The van der Waals surface area contributed by atoms with Crippen molar-refractivity contribution in [1.29, 1.82) is 0 Å². The molecule has 1 aromatic heterocycles. The number of nitrogens with zero attached hydrogens (tertiary/aromatic N) is 1. The van der Waals surface area contributed by atoms with Crippen LogP contribution in [0.15, 0.2) is 102 Å². The Morgan fingerprint density at radius 3 is 2.33 bits per heavy atom. The molecule has 1 amide bonds. The first-order chi connectivity index (χ1) is 21.9. The highest BCUT2D eigenvalue weighted by atomic mass is 32.2. The SMILES string of the molecule is C[C@H]1[C@@H](CSc2ccccn2)O[C@@H](c2ccc(-c3ccccc3CNC(=O)CCCC(=O)O)cc2)O[C@H]1c1ccc(CO)cc1. The maximum Gasteiger partial charge on any atom is 0.303 e. The number of amides is 1. The summed E-state index contributed by atoms with van der Waals surface area (Å²) in [4.78, 5) is 27.5. The number of ether oxygens (including phenoxy) is 2. The zero-order valence-electron chi connectivity index (χ0n) is 25.2. The van der Waals surface area contributed by atoms with E-state index < -0.39 is 12.3 Å². The molecule has 4 atom stereocenters. The second-order valence-corrected chi connectivity index (χ2v) is 12.1. The Labute approximate surface area is 267 Å². The van der Waals surface area contributed by atoms with Gasteiger partial charge in [0.15, 0.2) is 6.29 Å². The Balaban J connectivity index is 1.32. The van der Waals surface area contributed by atoms with Crippen molar-refractivity contribution >= 4 is 23.6 Å². The number of aromatic nitrogens is 1. The van der Waals surface area contributed by atoms with E-state index in [2.05, 4.69) is 17.2 Å². The minimum Gasteiger partial charge on any atom is -0.481 e. The number of aliphatic carboxylic acids is 1. The first kappa shape index (κ1) is 32.4. The van der Waals surface area contributed by atoms with Gasteiger partial charge in [-0.2, -0.15) is 0 Å². The molecular formula is C36H38N2O6S. The van der Waals surface area contributed by atoms with Crippen molar-refractivity contribution in [3.05, 3.63) is 119 Å². The average molecular weight is 627 g/mol. The van der Waals surface area contributed by atoms with Crippen LogP contribution in [0, 0.1) is 5.92 Å². The number of hydrogen-bond acceptors (Lipinski definition) is 7. The van der Waals surface area contributed by atoms with Gasteiger partial charge in [0.25, 0.3) is 0 Å². The summed E-state index contributed by atoms with van der Waals surface area (Å²) >= 11 is 1.66. The van der Waals surface area contributed by atoms with Crippen molar-refractivity contribution < 1.29 is 29.3 Å². The molecule has 0 aliphatic carbocycles. The predicted octanol–water partition coefficient (Wildman–Crippen LogP) is 6.70. The van der Waals surface area contributed by atoms with Gasteiger partial charge in [0.1, 0.15) is 0 Å². The Morgan fingerprint density at radius 1 is 0.889 bits per heavy atom. The lowest BCUT2D eigenvalue weighted by atomic mass is 9.91. The van der Waals surface area contributed by atoms with E-state index >= 15 is 0 Å². The average Bonchev–Trinajstić information content (AvgIpc) is 3.07. The maximum atomic E-state index is 12.3. The number of aliphatic hydroxyl groups is 1. The third kappa shape index (κ3) is 8.79. The lowest BCUT2D eigenvalue weighted by Gasteiger charge is -2.41. The molecule has 9 heteroatoms. The molecule has 234 valence electrons. The number of thioether (sulfide) groups is 1. The highest BCUT2D eigenvalue weighted by Gasteiger charge is 2.38. The minimum absolute atomic E-state index is 0.00886. The summed E-state index contributed by atoms with van der Waals surface area (Å²) in [7, 11) is 0. The van der Waals surface area contributed by atoms with E-state index in [0.29, 0.717) is 13.0 Å². The Morgan fingerprint density at radius 2 is 1.62 bits per heavy atom. The van der Waals surface area contributed by atoms with Crippen molar-refractivity contribution in [3.8, 4) is 11.1 Å². The number of benzene rings is 3. The number of nitrogens with one attached hydrogen (secondary N) is 1. The van der Waals surface area contributed by atoms with Crippen molar-refractivity contribution in [2.24, 2.45) is 5.92 Å². The number of aliphatic hydroxyl groups excluding tert-OH is 1. The van der Waals surface area contributed by atoms with Gasteiger partial charge in [0.05, 0.1) is 23.8 Å². The molecule has 0 saturated carbocycles. The van der Waals surface area contributed by atoms with Gasteiger partial charge in [-0.1, -0.05) is 85.8 Å². The molecule has 45 heavy (non-hydrogen) atoms. The maximum absolute atomic E-state index is 12.3. The van der Waals surface area contributed by atoms with Gasteiger partial charge in [-0.05, 0) is 46.4 Å². The summed E-state index contributed by atoms with van der Waals surface area (Å²) in [5.41, 5.74) is 5.76. The molecule has 1 aliphatic rings. The minimum atomic E-state index is -0.902. The standard InChI is InChI=1S/C36H38N2O6S/c1-24-31(23-45-33-10-4-5-20-37-33)43-36(44-35(24)27-14-12-25(22-39)13-15-27)28-18-16-26(17-19-28)30-8-3-2-7-29(30)21-38-32(40)9-6-11-34(41)42/h2-5,7-8,10,12-20,24,31,35-36,39H,6,9,11,21-23H2,1H3,(H,38,40)(H,41,42)/t24-,31+,35+,36+/m0/s1. The third-order valence-corrected chi connectivity index (χ3v) is 8.97. The van der Waals surface area contributed by atoms with Gasteiger partial charge >= 0.3 is 5.97 Å². The lowest BCUT2D eigenvalue weighted by Crippen LogP contribution is -2.38. The molecule has 0 radical (unpaired) electrons. The molecule has 2 heterocycles. The molecule has 0 spiro atoms. The van der Waals surface area contributed by atoms with E-state index in [1.807, 2.05) is 91.0 Å². The van der Waals surface area contributed by atoms with E-state index in [9.17, 15) is 14.7 Å². The van der Waals surface area contributed by atoms with Gasteiger partial charge in [-0.15, -0.1) is 11.8 Å². The Kier molecular flexibility index (Phi) is 11.4. The quantitative estimate of drug-likeness (QED) is 0.141. The van der Waals surface area contributed by atoms with Gasteiger partial charge in [0.2, 0.25) is 5.91 Å². The van der Waals surface area contributed by atoms with Crippen molar-refractivity contribution in [2.45, 2.75) is 62.9 Å². The lowest BCUT2D eigenvalue weighted by molar-refractivity contribution is -0.268. The van der Waals surface area contributed by atoms with Crippen LogP contribution in [0.4, 0.5) is 0 Å². The monoisotopic (exact) mass is 626 g/mol.